The number of hydrogen-bond donors (Lipinski definition) is 2. The van der Waals surface area contributed by atoms with Gasteiger partial charge >= 0.3 is 0 Å². The van der Waals surface area contributed by atoms with E-state index in [4.69, 9.17) is 0 Å². The van der Waals surface area contributed by atoms with Crippen molar-refractivity contribution in [3.05, 3.63) is 41.6 Å². The summed E-state index contributed by atoms with van der Waals surface area (Å²) in [6, 6.07) is 8.00. The van der Waals surface area contributed by atoms with Crippen molar-refractivity contribution in [2.75, 3.05) is 17.5 Å². The number of carbonyl (C=O) groups excluding carboxylic acids is 1. The van der Waals surface area contributed by atoms with Crippen LogP contribution in [0, 0.1) is 6.92 Å². The first-order chi connectivity index (χ1) is 10.8. The van der Waals surface area contributed by atoms with E-state index in [0.29, 0.717) is 6.54 Å². The number of nitrogens with one attached hydrogen (secondary N) is 2. The van der Waals surface area contributed by atoms with Gasteiger partial charge in [0.1, 0.15) is 6.54 Å². The highest BCUT2D eigenvalue weighted by Crippen LogP contribution is 2.06. The largest absolute Gasteiger partial charge is 0.354 e. The molecule has 9 heteroatoms. The predicted molar refractivity (Wildman–Crippen MR) is 86.4 cm³/mol. The van der Waals surface area contributed by atoms with Gasteiger partial charge in [0.25, 0.3) is 0 Å². The number of hydrogen-bond acceptors (Lipinski definition) is 5. The summed E-state index contributed by atoms with van der Waals surface area (Å²) in [6.45, 7) is 2.47. The van der Waals surface area contributed by atoms with Crippen molar-refractivity contribution in [3.63, 3.8) is 0 Å². The lowest BCUT2D eigenvalue weighted by Crippen LogP contribution is -2.30. The number of sulfonamides is 1. The Morgan fingerprint density at radius 3 is 2.74 bits per heavy atom. The summed E-state index contributed by atoms with van der Waals surface area (Å²) in [7, 11) is -3.41. The van der Waals surface area contributed by atoms with Crippen LogP contribution in [0.3, 0.4) is 0 Å². The van der Waals surface area contributed by atoms with Gasteiger partial charge in [0.2, 0.25) is 15.9 Å². The Bertz CT molecular complexity index is 785. The second-order valence-electron chi connectivity index (χ2n) is 5.16. The normalized spacial score (nSPS) is 11.2. The molecule has 0 atom stereocenters. The highest BCUT2D eigenvalue weighted by Gasteiger charge is 2.09. The number of aromatic nitrogens is 3. The molecule has 0 aliphatic carbocycles. The molecule has 2 rings (SSSR count). The van der Waals surface area contributed by atoms with Crippen molar-refractivity contribution in [1.82, 2.24) is 20.3 Å². The lowest BCUT2D eigenvalue weighted by atomic mass is 10.1. The zero-order valence-electron chi connectivity index (χ0n) is 13.0. The maximum Gasteiger partial charge on any atom is 0.243 e. The molecular weight excluding hydrogens is 318 g/mol. The first kappa shape index (κ1) is 16.9. The van der Waals surface area contributed by atoms with Crippen LogP contribution in [0.25, 0.3) is 0 Å². The topological polar surface area (TPSA) is 106 Å². The average Bonchev–Trinajstić information content (AvgIpc) is 2.85. The first-order valence-corrected chi connectivity index (χ1v) is 8.92. The number of amides is 1. The van der Waals surface area contributed by atoms with E-state index in [1.165, 1.54) is 17.3 Å². The van der Waals surface area contributed by atoms with Crippen LogP contribution in [-0.4, -0.2) is 42.1 Å². The Morgan fingerprint density at radius 1 is 1.30 bits per heavy atom. The maximum atomic E-state index is 11.8. The standard InChI is InChI=1S/C14H19N5O3S/c1-11-5-3-4-6-12(11)7-8-15-14(20)10-19-16-9-13(17-19)18-23(2,21)22/h3-6,9H,7-8,10H2,1-2H3,(H,15,20)(H,17,18). The molecule has 0 aliphatic rings. The predicted octanol–water partition coefficient (Wildman–Crippen LogP) is 0.317. The molecule has 23 heavy (non-hydrogen) atoms. The average molecular weight is 337 g/mol. The summed E-state index contributed by atoms with van der Waals surface area (Å²) in [6.07, 6.45) is 3.01. The van der Waals surface area contributed by atoms with E-state index >= 15 is 0 Å². The van der Waals surface area contributed by atoms with Crippen LogP contribution in [0.1, 0.15) is 11.1 Å². The fourth-order valence-electron chi connectivity index (χ4n) is 2.02. The molecular formula is C14H19N5O3S. The van der Waals surface area contributed by atoms with Crippen LogP contribution in [0.5, 0.6) is 0 Å². The van der Waals surface area contributed by atoms with E-state index in [9.17, 15) is 13.2 Å². The number of aryl methyl sites for hydroxylation is 1. The number of rotatable bonds is 7. The minimum atomic E-state index is -3.41. The summed E-state index contributed by atoms with van der Waals surface area (Å²) in [5.41, 5.74) is 2.37. The van der Waals surface area contributed by atoms with Crippen LogP contribution in [0.2, 0.25) is 0 Å². The fourth-order valence-corrected chi connectivity index (χ4v) is 2.50. The molecule has 8 nitrogen and oxygen atoms in total. The van der Waals surface area contributed by atoms with Gasteiger partial charge in [-0.1, -0.05) is 24.3 Å². The summed E-state index contributed by atoms with van der Waals surface area (Å²) >= 11 is 0. The van der Waals surface area contributed by atoms with Crippen LogP contribution in [0.4, 0.5) is 5.82 Å². The van der Waals surface area contributed by atoms with E-state index in [-0.39, 0.29) is 18.3 Å². The summed E-state index contributed by atoms with van der Waals surface area (Å²) in [4.78, 5) is 13.0. The van der Waals surface area contributed by atoms with Crippen molar-refractivity contribution in [2.24, 2.45) is 0 Å². The van der Waals surface area contributed by atoms with Gasteiger partial charge in [-0.05, 0) is 24.5 Å². The first-order valence-electron chi connectivity index (χ1n) is 7.02. The zero-order chi connectivity index (χ0) is 16.9. The van der Waals surface area contributed by atoms with Gasteiger partial charge in [0, 0.05) is 6.54 Å². The van der Waals surface area contributed by atoms with E-state index in [1.807, 2.05) is 31.2 Å². The molecule has 1 amide bonds. The molecule has 2 aromatic rings. The fraction of sp³-hybridized carbons (Fsp3) is 0.357. The van der Waals surface area contributed by atoms with Gasteiger partial charge in [0.05, 0.1) is 12.5 Å². The number of carbonyl (C=O) groups is 1. The van der Waals surface area contributed by atoms with Gasteiger partial charge in [-0.25, -0.2) is 8.42 Å². The van der Waals surface area contributed by atoms with Crippen LogP contribution >= 0.6 is 0 Å². The molecule has 124 valence electrons. The summed E-state index contributed by atoms with van der Waals surface area (Å²) in [5.74, 6) is -0.152. The SMILES string of the molecule is Cc1ccccc1CCNC(=O)Cn1ncc(NS(C)(=O)=O)n1. The van der Waals surface area contributed by atoms with Crippen molar-refractivity contribution in [1.29, 1.82) is 0 Å². The minimum Gasteiger partial charge on any atom is -0.354 e. The molecule has 1 heterocycles. The van der Waals surface area contributed by atoms with Crippen LogP contribution in [0.15, 0.2) is 30.5 Å². The van der Waals surface area contributed by atoms with Crippen LogP contribution < -0.4 is 10.0 Å². The van der Waals surface area contributed by atoms with E-state index in [1.54, 1.807) is 0 Å². The van der Waals surface area contributed by atoms with Crippen LogP contribution in [-0.2, 0) is 27.8 Å². The van der Waals surface area contributed by atoms with Crippen molar-refractivity contribution in [2.45, 2.75) is 19.9 Å². The van der Waals surface area contributed by atoms with Crippen molar-refractivity contribution >= 4 is 21.7 Å². The second kappa shape index (κ2) is 7.23. The van der Waals surface area contributed by atoms with E-state index in [2.05, 4.69) is 20.2 Å². The number of benzene rings is 1. The maximum absolute atomic E-state index is 11.8. The third kappa shape index (κ3) is 5.70. The molecule has 0 aliphatic heterocycles. The van der Waals surface area contributed by atoms with Gasteiger partial charge in [-0.3, -0.25) is 9.52 Å². The molecule has 0 radical (unpaired) electrons. The monoisotopic (exact) mass is 337 g/mol. The van der Waals surface area contributed by atoms with Gasteiger partial charge in [0.15, 0.2) is 5.82 Å². The minimum absolute atomic E-state index is 0.0702. The molecule has 0 saturated carbocycles. The Kier molecular flexibility index (Phi) is 5.32. The molecule has 0 fully saturated rings. The smallest absolute Gasteiger partial charge is 0.243 e. The summed E-state index contributed by atoms with van der Waals surface area (Å²) < 4.78 is 24.3. The van der Waals surface area contributed by atoms with Gasteiger partial charge in [-0.15, -0.1) is 5.10 Å². The third-order valence-corrected chi connectivity index (χ3v) is 3.67. The zero-order valence-corrected chi connectivity index (χ0v) is 13.8. The molecule has 0 spiro atoms. The lowest BCUT2D eigenvalue weighted by molar-refractivity contribution is -0.122. The molecule has 1 aromatic heterocycles. The Balaban J connectivity index is 1.80. The number of nitrogens with zero attached hydrogens (tertiary/aromatic N) is 3. The highest BCUT2D eigenvalue weighted by atomic mass is 32.2. The Morgan fingerprint density at radius 2 is 2.04 bits per heavy atom. The van der Waals surface area contributed by atoms with Gasteiger partial charge in [-0.2, -0.15) is 9.90 Å². The van der Waals surface area contributed by atoms with Crippen molar-refractivity contribution in [3.8, 4) is 0 Å². The number of anilines is 1. The molecule has 0 unspecified atom stereocenters. The van der Waals surface area contributed by atoms with Crippen molar-refractivity contribution < 1.29 is 13.2 Å². The molecule has 0 bridgehead atoms. The quantitative estimate of drug-likeness (QED) is 0.757. The van der Waals surface area contributed by atoms with E-state index in [0.717, 1.165) is 17.5 Å². The second-order valence-corrected chi connectivity index (χ2v) is 6.91. The highest BCUT2D eigenvalue weighted by molar-refractivity contribution is 7.92. The molecule has 2 N–H and O–H groups in total. The Hall–Kier alpha value is -2.42. The molecule has 1 aromatic carbocycles. The third-order valence-electron chi connectivity index (χ3n) is 3.09. The molecule has 0 saturated heterocycles. The summed E-state index contributed by atoms with van der Waals surface area (Å²) in [5, 5.41) is 10.5. The lowest BCUT2D eigenvalue weighted by Gasteiger charge is -2.07. The van der Waals surface area contributed by atoms with E-state index < -0.39 is 10.0 Å². The van der Waals surface area contributed by atoms with Gasteiger partial charge < -0.3 is 5.32 Å². The Labute approximate surface area is 134 Å².